The number of rotatable bonds is 5. The zero-order valence-corrected chi connectivity index (χ0v) is 17.7. The first-order chi connectivity index (χ1) is 14.8. The van der Waals surface area contributed by atoms with Gasteiger partial charge in [-0.2, -0.15) is 0 Å². The summed E-state index contributed by atoms with van der Waals surface area (Å²) in [6.45, 7) is 3.50. The molecule has 8 nitrogen and oxygen atoms in total. The molecule has 1 saturated heterocycles. The summed E-state index contributed by atoms with van der Waals surface area (Å²) in [5.74, 6) is 1.78. The molecule has 4 heterocycles. The molecule has 0 radical (unpaired) electrons. The van der Waals surface area contributed by atoms with Gasteiger partial charge in [0.2, 0.25) is 11.9 Å². The largest absolute Gasteiger partial charge is 0.369 e. The van der Waals surface area contributed by atoms with Gasteiger partial charge in [-0.1, -0.05) is 0 Å². The number of carbonyl (C=O) groups is 1. The third-order valence-electron chi connectivity index (χ3n) is 5.85. The quantitative estimate of drug-likeness (QED) is 0.675. The molecule has 1 aliphatic heterocycles. The van der Waals surface area contributed by atoms with Crippen LogP contribution in [0.3, 0.4) is 0 Å². The van der Waals surface area contributed by atoms with Crippen LogP contribution in [0.4, 0.5) is 11.8 Å². The Morgan fingerprint density at radius 2 is 1.83 bits per heavy atom. The number of hydrogen-bond donors (Lipinski definition) is 1. The summed E-state index contributed by atoms with van der Waals surface area (Å²) in [6.07, 6.45) is 10.3. The standard InChI is InChI=1S/C21H25N7OS/c29-17(27-10-12-28(13-11-27)21-23-7-3-8-24-21)6-9-22-19-18-15-4-1-2-5-16(15)30-20(18)26-14-25-19/h3,7-8,14H,1-2,4-6,9-13H2,(H,22,25,26). The summed E-state index contributed by atoms with van der Waals surface area (Å²) < 4.78 is 0. The maximum Gasteiger partial charge on any atom is 0.225 e. The van der Waals surface area contributed by atoms with Crippen LogP contribution in [0, 0.1) is 0 Å². The summed E-state index contributed by atoms with van der Waals surface area (Å²) in [7, 11) is 0. The topological polar surface area (TPSA) is 87.1 Å². The van der Waals surface area contributed by atoms with Crippen LogP contribution in [0.15, 0.2) is 24.8 Å². The van der Waals surface area contributed by atoms with E-state index in [9.17, 15) is 4.79 Å². The van der Waals surface area contributed by atoms with Gasteiger partial charge >= 0.3 is 0 Å². The minimum absolute atomic E-state index is 0.175. The van der Waals surface area contributed by atoms with Crippen molar-refractivity contribution in [1.82, 2.24) is 24.8 Å². The number of nitrogens with zero attached hydrogens (tertiary/aromatic N) is 6. The van der Waals surface area contributed by atoms with Gasteiger partial charge < -0.3 is 15.1 Å². The third-order valence-corrected chi connectivity index (χ3v) is 7.05. The highest BCUT2D eigenvalue weighted by molar-refractivity contribution is 7.19. The lowest BCUT2D eigenvalue weighted by Crippen LogP contribution is -2.49. The van der Waals surface area contributed by atoms with E-state index in [-0.39, 0.29) is 5.91 Å². The van der Waals surface area contributed by atoms with Gasteiger partial charge in [-0.3, -0.25) is 4.79 Å². The normalized spacial score (nSPS) is 16.5. The second-order valence-electron chi connectivity index (χ2n) is 7.71. The zero-order chi connectivity index (χ0) is 20.3. The molecular formula is C21H25N7OS. The Morgan fingerprint density at radius 3 is 2.67 bits per heavy atom. The van der Waals surface area contributed by atoms with E-state index in [2.05, 4.69) is 30.2 Å². The third kappa shape index (κ3) is 3.81. The smallest absolute Gasteiger partial charge is 0.225 e. The minimum Gasteiger partial charge on any atom is -0.369 e. The summed E-state index contributed by atoms with van der Waals surface area (Å²) in [5, 5.41) is 4.57. The SMILES string of the molecule is O=C(CCNc1ncnc2sc3c(c12)CCCC3)N1CCN(c2ncccn2)CC1. The molecular weight excluding hydrogens is 398 g/mol. The first-order valence-electron chi connectivity index (χ1n) is 10.6. The Labute approximate surface area is 179 Å². The Balaban J connectivity index is 1.17. The number of aromatic nitrogens is 4. The first-order valence-corrected chi connectivity index (χ1v) is 11.4. The Hall–Kier alpha value is -2.81. The number of nitrogens with one attached hydrogen (secondary N) is 1. The van der Waals surface area contributed by atoms with Gasteiger partial charge in [-0.05, 0) is 37.3 Å². The van der Waals surface area contributed by atoms with Crippen LogP contribution in [-0.2, 0) is 17.6 Å². The molecule has 30 heavy (non-hydrogen) atoms. The molecule has 2 aliphatic rings. The van der Waals surface area contributed by atoms with Crippen LogP contribution in [-0.4, -0.2) is 63.5 Å². The number of fused-ring (bicyclic) bond motifs is 3. The summed E-state index contributed by atoms with van der Waals surface area (Å²) >= 11 is 1.79. The van der Waals surface area contributed by atoms with E-state index in [4.69, 9.17) is 0 Å². The molecule has 0 unspecified atom stereocenters. The summed E-state index contributed by atoms with van der Waals surface area (Å²) in [5.41, 5.74) is 1.41. The summed E-state index contributed by atoms with van der Waals surface area (Å²) in [4.78, 5) is 36.8. The molecule has 3 aromatic heterocycles. The van der Waals surface area contributed by atoms with Crippen molar-refractivity contribution in [2.75, 3.05) is 42.9 Å². The van der Waals surface area contributed by atoms with E-state index in [0.29, 0.717) is 26.1 Å². The summed E-state index contributed by atoms with van der Waals surface area (Å²) in [6, 6.07) is 1.81. The van der Waals surface area contributed by atoms with Gasteiger partial charge in [0.1, 0.15) is 17.0 Å². The molecule has 3 aromatic rings. The van der Waals surface area contributed by atoms with Gasteiger partial charge in [0.25, 0.3) is 0 Å². The van der Waals surface area contributed by atoms with Crippen molar-refractivity contribution in [2.45, 2.75) is 32.1 Å². The van der Waals surface area contributed by atoms with Crippen molar-refractivity contribution < 1.29 is 4.79 Å². The van der Waals surface area contributed by atoms with Crippen molar-refractivity contribution >= 4 is 39.2 Å². The van der Waals surface area contributed by atoms with Crippen LogP contribution in [0.2, 0.25) is 0 Å². The number of amides is 1. The second-order valence-corrected chi connectivity index (χ2v) is 8.79. The highest BCUT2D eigenvalue weighted by atomic mass is 32.1. The number of anilines is 2. The highest BCUT2D eigenvalue weighted by Crippen LogP contribution is 2.38. The van der Waals surface area contributed by atoms with Crippen molar-refractivity contribution in [3.8, 4) is 0 Å². The number of hydrogen-bond acceptors (Lipinski definition) is 8. The lowest BCUT2D eigenvalue weighted by Gasteiger charge is -2.34. The Morgan fingerprint density at radius 1 is 1.03 bits per heavy atom. The molecule has 0 saturated carbocycles. The molecule has 1 N–H and O–H groups in total. The van der Waals surface area contributed by atoms with E-state index in [1.165, 1.54) is 28.7 Å². The fourth-order valence-electron chi connectivity index (χ4n) is 4.28. The maximum absolute atomic E-state index is 12.7. The van der Waals surface area contributed by atoms with Crippen molar-refractivity contribution in [1.29, 1.82) is 0 Å². The van der Waals surface area contributed by atoms with E-state index in [0.717, 1.165) is 42.5 Å². The van der Waals surface area contributed by atoms with Crippen molar-refractivity contribution in [3.05, 3.63) is 35.2 Å². The maximum atomic E-state index is 12.7. The van der Waals surface area contributed by atoms with Gasteiger partial charge in [-0.25, -0.2) is 19.9 Å². The fraction of sp³-hybridized carbons (Fsp3) is 0.476. The molecule has 156 valence electrons. The lowest BCUT2D eigenvalue weighted by atomic mass is 9.97. The fourth-order valence-corrected chi connectivity index (χ4v) is 5.51. The predicted molar refractivity (Wildman–Crippen MR) is 118 cm³/mol. The number of aryl methyl sites for hydroxylation is 2. The molecule has 0 atom stereocenters. The number of carbonyl (C=O) groups excluding carboxylic acids is 1. The zero-order valence-electron chi connectivity index (χ0n) is 16.9. The second kappa shape index (κ2) is 8.51. The van der Waals surface area contributed by atoms with Crippen LogP contribution in [0.1, 0.15) is 29.7 Å². The molecule has 0 spiro atoms. The van der Waals surface area contributed by atoms with Crippen LogP contribution >= 0.6 is 11.3 Å². The molecule has 9 heteroatoms. The minimum atomic E-state index is 0.175. The molecule has 1 fully saturated rings. The monoisotopic (exact) mass is 423 g/mol. The Kier molecular flexibility index (Phi) is 5.44. The number of thiophene rings is 1. The van der Waals surface area contributed by atoms with Crippen LogP contribution in [0.5, 0.6) is 0 Å². The lowest BCUT2D eigenvalue weighted by molar-refractivity contribution is -0.131. The number of piperazine rings is 1. The van der Waals surface area contributed by atoms with E-state index < -0.39 is 0 Å². The average Bonchev–Trinajstić information content (AvgIpc) is 3.19. The van der Waals surface area contributed by atoms with Gasteiger partial charge in [0.05, 0.1) is 5.39 Å². The molecule has 1 amide bonds. The van der Waals surface area contributed by atoms with E-state index in [1.54, 1.807) is 30.1 Å². The molecule has 0 aromatic carbocycles. The van der Waals surface area contributed by atoms with Gasteiger partial charge in [0.15, 0.2) is 0 Å². The van der Waals surface area contributed by atoms with Crippen molar-refractivity contribution in [3.63, 3.8) is 0 Å². The van der Waals surface area contributed by atoms with Gasteiger partial charge in [0, 0.05) is 56.4 Å². The average molecular weight is 424 g/mol. The van der Waals surface area contributed by atoms with Crippen LogP contribution in [0.25, 0.3) is 10.2 Å². The van der Waals surface area contributed by atoms with Crippen molar-refractivity contribution in [2.24, 2.45) is 0 Å². The van der Waals surface area contributed by atoms with E-state index >= 15 is 0 Å². The highest BCUT2D eigenvalue weighted by Gasteiger charge is 2.23. The molecule has 0 bridgehead atoms. The molecule has 1 aliphatic carbocycles. The van der Waals surface area contributed by atoms with Crippen LogP contribution < -0.4 is 10.2 Å². The Bertz CT molecular complexity index is 1030. The van der Waals surface area contributed by atoms with Gasteiger partial charge in [-0.15, -0.1) is 11.3 Å². The van der Waals surface area contributed by atoms with E-state index in [1.807, 2.05) is 11.0 Å². The predicted octanol–water partition coefficient (Wildman–Crippen LogP) is 2.51. The first kappa shape index (κ1) is 19.2. The molecule has 5 rings (SSSR count).